The predicted octanol–water partition coefficient (Wildman–Crippen LogP) is 0.411. The first-order valence-corrected chi connectivity index (χ1v) is 6.76. The highest BCUT2D eigenvalue weighted by molar-refractivity contribution is 4.87. The standard InChI is InChI=1S/C13H26N2O2/c1-12-8-15(6-5-14(12)2)9-13(10-16)4-3-7-17-11-13/h12,16H,3-11H2,1-2H3. The molecule has 0 aromatic carbocycles. The van der Waals surface area contributed by atoms with Crippen LogP contribution >= 0.6 is 0 Å². The zero-order chi connectivity index (χ0) is 12.3. The Morgan fingerprint density at radius 2 is 2.24 bits per heavy atom. The Balaban J connectivity index is 1.90. The lowest BCUT2D eigenvalue weighted by molar-refractivity contribution is -0.0628. The molecular formula is C13H26N2O2. The van der Waals surface area contributed by atoms with Crippen molar-refractivity contribution in [2.45, 2.75) is 25.8 Å². The maximum Gasteiger partial charge on any atom is 0.0556 e. The molecule has 2 fully saturated rings. The van der Waals surface area contributed by atoms with E-state index in [-0.39, 0.29) is 12.0 Å². The molecule has 0 amide bonds. The van der Waals surface area contributed by atoms with Gasteiger partial charge in [-0.05, 0) is 26.8 Å². The molecule has 2 rings (SSSR count). The van der Waals surface area contributed by atoms with Crippen LogP contribution in [0.5, 0.6) is 0 Å². The van der Waals surface area contributed by atoms with E-state index in [1.54, 1.807) is 0 Å². The molecule has 2 aliphatic rings. The summed E-state index contributed by atoms with van der Waals surface area (Å²) in [4.78, 5) is 4.90. The molecule has 2 heterocycles. The lowest BCUT2D eigenvalue weighted by Crippen LogP contribution is -2.54. The van der Waals surface area contributed by atoms with E-state index in [4.69, 9.17) is 4.74 Å². The third kappa shape index (κ3) is 3.19. The number of likely N-dealkylation sites (N-methyl/N-ethyl adjacent to an activating group) is 1. The van der Waals surface area contributed by atoms with Crippen LogP contribution in [0.15, 0.2) is 0 Å². The number of hydrogen-bond acceptors (Lipinski definition) is 4. The molecule has 0 aromatic rings. The Hall–Kier alpha value is -0.160. The maximum atomic E-state index is 9.67. The van der Waals surface area contributed by atoms with Crippen LogP contribution in [0.1, 0.15) is 19.8 Å². The summed E-state index contributed by atoms with van der Waals surface area (Å²) in [5.41, 5.74) is -0.00607. The maximum absolute atomic E-state index is 9.67. The van der Waals surface area contributed by atoms with Crippen LogP contribution in [0.4, 0.5) is 0 Å². The van der Waals surface area contributed by atoms with E-state index in [2.05, 4.69) is 23.8 Å². The Morgan fingerprint density at radius 1 is 1.41 bits per heavy atom. The van der Waals surface area contributed by atoms with Gasteiger partial charge in [0, 0.05) is 44.2 Å². The number of nitrogens with zero attached hydrogens (tertiary/aromatic N) is 2. The first kappa shape index (κ1) is 13.3. The van der Waals surface area contributed by atoms with Crippen molar-refractivity contribution in [3.8, 4) is 0 Å². The lowest BCUT2D eigenvalue weighted by atomic mass is 9.82. The van der Waals surface area contributed by atoms with Crippen LogP contribution < -0.4 is 0 Å². The summed E-state index contributed by atoms with van der Waals surface area (Å²) in [5, 5.41) is 9.67. The Kier molecular flexibility index (Phi) is 4.42. The average molecular weight is 242 g/mol. The molecule has 4 heteroatoms. The molecule has 0 spiro atoms. The number of ether oxygens (including phenoxy) is 1. The number of aliphatic hydroxyl groups excluding tert-OH is 1. The fourth-order valence-electron chi connectivity index (χ4n) is 2.95. The van der Waals surface area contributed by atoms with Crippen molar-refractivity contribution in [1.29, 1.82) is 0 Å². The number of rotatable bonds is 3. The summed E-state index contributed by atoms with van der Waals surface area (Å²) in [7, 11) is 2.19. The first-order valence-electron chi connectivity index (χ1n) is 6.76. The van der Waals surface area contributed by atoms with Crippen LogP contribution in [0.2, 0.25) is 0 Å². The minimum Gasteiger partial charge on any atom is -0.396 e. The zero-order valence-electron chi connectivity index (χ0n) is 11.2. The Morgan fingerprint density at radius 3 is 2.82 bits per heavy atom. The van der Waals surface area contributed by atoms with Crippen molar-refractivity contribution < 1.29 is 9.84 Å². The van der Waals surface area contributed by atoms with E-state index >= 15 is 0 Å². The van der Waals surface area contributed by atoms with E-state index in [0.29, 0.717) is 6.04 Å². The van der Waals surface area contributed by atoms with Crippen molar-refractivity contribution in [2.24, 2.45) is 5.41 Å². The second-order valence-corrected chi connectivity index (χ2v) is 5.88. The molecule has 4 nitrogen and oxygen atoms in total. The van der Waals surface area contributed by atoms with Gasteiger partial charge in [0.1, 0.15) is 0 Å². The van der Waals surface area contributed by atoms with E-state index in [0.717, 1.165) is 52.2 Å². The summed E-state index contributed by atoms with van der Waals surface area (Å²) >= 11 is 0. The van der Waals surface area contributed by atoms with Gasteiger partial charge in [-0.15, -0.1) is 0 Å². The molecule has 1 N–H and O–H groups in total. The largest absolute Gasteiger partial charge is 0.396 e. The van der Waals surface area contributed by atoms with Gasteiger partial charge < -0.3 is 14.7 Å². The normalized spacial score (nSPS) is 37.2. The molecule has 0 bridgehead atoms. The van der Waals surface area contributed by atoms with Gasteiger partial charge in [0.25, 0.3) is 0 Å². The third-order valence-electron chi connectivity index (χ3n) is 4.34. The molecule has 0 saturated carbocycles. The van der Waals surface area contributed by atoms with Gasteiger partial charge in [0.15, 0.2) is 0 Å². The van der Waals surface area contributed by atoms with Crippen molar-refractivity contribution >= 4 is 0 Å². The quantitative estimate of drug-likeness (QED) is 0.778. The molecule has 2 unspecified atom stereocenters. The smallest absolute Gasteiger partial charge is 0.0556 e. The van der Waals surface area contributed by atoms with Gasteiger partial charge >= 0.3 is 0 Å². The second-order valence-electron chi connectivity index (χ2n) is 5.88. The monoisotopic (exact) mass is 242 g/mol. The Labute approximate surface area is 105 Å². The minimum absolute atomic E-state index is 0.00607. The van der Waals surface area contributed by atoms with Crippen molar-refractivity contribution in [2.75, 3.05) is 53.0 Å². The highest BCUT2D eigenvalue weighted by Gasteiger charge is 2.35. The summed E-state index contributed by atoms with van der Waals surface area (Å²) in [5.74, 6) is 0. The first-order chi connectivity index (χ1) is 8.15. The fraction of sp³-hybridized carbons (Fsp3) is 1.00. The fourth-order valence-corrected chi connectivity index (χ4v) is 2.95. The van der Waals surface area contributed by atoms with Gasteiger partial charge in [-0.1, -0.05) is 0 Å². The van der Waals surface area contributed by atoms with Crippen molar-refractivity contribution in [3.63, 3.8) is 0 Å². The molecular weight excluding hydrogens is 216 g/mol. The topological polar surface area (TPSA) is 35.9 Å². The second kappa shape index (κ2) is 5.65. The van der Waals surface area contributed by atoms with Crippen LogP contribution in [-0.4, -0.2) is 74.0 Å². The van der Waals surface area contributed by atoms with Crippen LogP contribution in [0, 0.1) is 5.41 Å². The molecule has 2 saturated heterocycles. The highest BCUT2D eigenvalue weighted by Crippen LogP contribution is 2.29. The molecule has 2 aliphatic heterocycles. The molecule has 2 atom stereocenters. The van der Waals surface area contributed by atoms with Gasteiger partial charge in [-0.25, -0.2) is 0 Å². The summed E-state index contributed by atoms with van der Waals surface area (Å²) in [6.45, 7) is 8.46. The van der Waals surface area contributed by atoms with Gasteiger partial charge in [-0.3, -0.25) is 4.90 Å². The van der Waals surface area contributed by atoms with Gasteiger partial charge in [0.2, 0.25) is 0 Å². The van der Waals surface area contributed by atoms with Crippen molar-refractivity contribution in [1.82, 2.24) is 9.80 Å². The summed E-state index contributed by atoms with van der Waals surface area (Å²) in [6.07, 6.45) is 2.19. The van der Waals surface area contributed by atoms with Gasteiger partial charge in [-0.2, -0.15) is 0 Å². The van der Waals surface area contributed by atoms with E-state index in [1.807, 2.05) is 0 Å². The Bertz CT molecular complexity index is 242. The average Bonchev–Trinajstić information content (AvgIpc) is 2.35. The predicted molar refractivity (Wildman–Crippen MR) is 68.1 cm³/mol. The van der Waals surface area contributed by atoms with E-state index in [1.165, 1.54) is 0 Å². The van der Waals surface area contributed by atoms with E-state index < -0.39 is 0 Å². The number of piperazine rings is 1. The van der Waals surface area contributed by atoms with Crippen LogP contribution in [0.25, 0.3) is 0 Å². The molecule has 17 heavy (non-hydrogen) atoms. The highest BCUT2D eigenvalue weighted by atomic mass is 16.5. The molecule has 0 aromatic heterocycles. The zero-order valence-corrected chi connectivity index (χ0v) is 11.2. The number of hydrogen-bond donors (Lipinski definition) is 1. The van der Waals surface area contributed by atoms with Crippen LogP contribution in [0.3, 0.4) is 0 Å². The number of aliphatic hydroxyl groups is 1. The minimum atomic E-state index is -0.00607. The van der Waals surface area contributed by atoms with Crippen LogP contribution in [-0.2, 0) is 4.74 Å². The summed E-state index contributed by atoms with van der Waals surface area (Å²) < 4.78 is 5.57. The lowest BCUT2D eigenvalue weighted by Gasteiger charge is -2.44. The third-order valence-corrected chi connectivity index (χ3v) is 4.34. The SMILES string of the molecule is CC1CN(CC2(CO)CCCOC2)CCN1C. The van der Waals surface area contributed by atoms with Gasteiger partial charge in [0.05, 0.1) is 13.2 Å². The summed E-state index contributed by atoms with van der Waals surface area (Å²) in [6, 6.07) is 0.615. The van der Waals surface area contributed by atoms with Crippen molar-refractivity contribution in [3.05, 3.63) is 0 Å². The van der Waals surface area contributed by atoms with E-state index in [9.17, 15) is 5.11 Å². The molecule has 0 aliphatic carbocycles. The molecule has 100 valence electrons. The molecule has 0 radical (unpaired) electrons.